The smallest absolute Gasteiger partial charge is 0.227 e. The molecule has 1 aromatic carbocycles. The number of thiophene rings is 1. The summed E-state index contributed by atoms with van der Waals surface area (Å²) < 4.78 is 5.43. The lowest BCUT2D eigenvalue weighted by atomic mass is 10.1. The Kier molecular flexibility index (Phi) is 5.71. The highest BCUT2D eigenvalue weighted by atomic mass is 32.1. The third-order valence-corrected chi connectivity index (χ3v) is 5.04. The molecule has 1 aliphatic rings. The minimum absolute atomic E-state index is 0.00872. The van der Waals surface area contributed by atoms with Crippen LogP contribution in [0.5, 0.6) is 5.75 Å². The Hall–Kier alpha value is -2.34. The molecule has 1 unspecified atom stereocenters. The Balaban J connectivity index is 1.50. The van der Waals surface area contributed by atoms with Crippen LogP contribution in [0.25, 0.3) is 0 Å². The molecule has 1 aromatic heterocycles. The molecule has 2 aromatic rings. The first-order chi connectivity index (χ1) is 12.2. The Labute approximate surface area is 151 Å². The highest BCUT2D eigenvalue weighted by Crippen LogP contribution is 2.26. The summed E-state index contributed by atoms with van der Waals surface area (Å²) in [5.74, 6) is 1.05. The van der Waals surface area contributed by atoms with Crippen LogP contribution in [0.4, 0.5) is 5.69 Å². The van der Waals surface area contributed by atoms with Gasteiger partial charge in [-0.2, -0.15) is 0 Å². The second kappa shape index (κ2) is 8.16. The van der Waals surface area contributed by atoms with Crippen molar-refractivity contribution in [2.75, 3.05) is 24.6 Å². The van der Waals surface area contributed by atoms with Crippen molar-refractivity contribution < 1.29 is 14.3 Å². The zero-order valence-electron chi connectivity index (χ0n) is 14.2. The van der Waals surface area contributed by atoms with Crippen LogP contribution >= 0.6 is 11.3 Å². The fraction of sp³-hybridized carbons (Fsp3) is 0.368. The van der Waals surface area contributed by atoms with Crippen LogP contribution in [0.3, 0.4) is 0 Å². The number of anilines is 1. The van der Waals surface area contributed by atoms with Gasteiger partial charge in [0.15, 0.2) is 0 Å². The maximum atomic E-state index is 12.3. The molecule has 2 amide bonds. The molecule has 0 saturated carbocycles. The van der Waals surface area contributed by atoms with Crippen molar-refractivity contribution in [3.05, 3.63) is 46.7 Å². The van der Waals surface area contributed by atoms with E-state index in [1.165, 1.54) is 0 Å². The van der Waals surface area contributed by atoms with Crippen LogP contribution in [0, 0.1) is 5.92 Å². The van der Waals surface area contributed by atoms with E-state index in [-0.39, 0.29) is 17.7 Å². The average Bonchev–Trinajstić information content (AvgIpc) is 3.24. The average molecular weight is 358 g/mol. The van der Waals surface area contributed by atoms with Gasteiger partial charge < -0.3 is 15.0 Å². The summed E-state index contributed by atoms with van der Waals surface area (Å²) in [6.45, 7) is 3.72. The molecule has 1 fully saturated rings. The minimum atomic E-state index is 0.00872. The van der Waals surface area contributed by atoms with Crippen LogP contribution in [0.15, 0.2) is 41.8 Å². The van der Waals surface area contributed by atoms with Crippen LogP contribution < -0.4 is 15.0 Å². The standard InChI is InChI=1S/C19H22N2O3S/c1-2-24-16-7-5-15(6-8-16)21-13-14(10-19(21)23)12-20-18(22)11-17-4-3-9-25-17/h3-9,14H,2,10-13H2,1H3,(H,20,22). The normalized spacial score (nSPS) is 16.9. The number of amides is 2. The third kappa shape index (κ3) is 4.60. The second-order valence-electron chi connectivity index (χ2n) is 6.06. The van der Waals surface area contributed by atoms with Crippen LogP contribution in [0.2, 0.25) is 0 Å². The second-order valence-corrected chi connectivity index (χ2v) is 7.09. The maximum Gasteiger partial charge on any atom is 0.227 e. The predicted molar refractivity (Wildman–Crippen MR) is 99.1 cm³/mol. The number of hydrogen-bond donors (Lipinski definition) is 1. The molecule has 0 bridgehead atoms. The van der Waals surface area contributed by atoms with Crippen molar-refractivity contribution in [2.45, 2.75) is 19.8 Å². The van der Waals surface area contributed by atoms with Gasteiger partial charge in [0.2, 0.25) is 11.8 Å². The van der Waals surface area contributed by atoms with Gasteiger partial charge in [0.25, 0.3) is 0 Å². The van der Waals surface area contributed by atoms with E-state index < -0.39 is 0 Å². The highest BCUT2D eigenvalue weighted by Gasteiger charge is 2.30. The van der Waals surface area contributed by atoms with Crippen LogP contribution in [-0.2, 0) is 16.0 Å². The molecule has 0 radical (unpaired) electrons. The Bertz CT molecular complexity index is 713. The maximum absolute atomic E-state index is 12.3. The molecule has 6 heteroatoms. The van der Waals surface area contributed by atoms with Crippen molar-refractivity contribution in [3.8, 4) is 5.75 Å². The number of benzene rings is 1. The summed E-state index contributed by atoms with van der Waals surface area (Å²) in [7, 11) is 0. The van der Waals surface area contributed by atoms with E-state index in [1.807, 2.05) is 48.7 Å². The van der Waals surface area contributed by atoms with Crippen LogP contribution in [-0.4, -0.2) is 31.5 Å². The lowest BCUT2D eigenvalue weighted by molar-refractivity contribution is -0.121. The van der Waals surface area contributed by atoms with Gasteiger partial charge in [0, 0.05) is 36.0 Å². The third-order valence-electron chi connectivity index (χ3n) is 4.17. The number of carbonyl (C=O) groups excluding carboxylic acids is 2. The largest absolute Gasteiger partial charge is 0.494 e. The van der Waals surface area contributed by atoms with Crippen LogP contribution in [0.1, 0.15) is 18.2 Å². The SMILES string of the molecule is CCOc1ccc(N2CC(CNC(=O)Cc3cccs3)CC2=O)cc1. The molecule has 5 nitrogen and oxygen atoms in total. The monoisotopic (exact) mass is 358 g/mol. The fourth-order valence-electron chi connectivity index (χ4n) is 2.95. The topological polar surface area (TPSA) is 58.6 Å². The van der Waals surface area contributed by atoms with Gasteiger partial charge in [0.05, 0.1) is 13.0 Å². The number of nitrogens with zero attached hydrogens (tertiary/aromatic N) is 1. The van der Waals surface area contributed by atoms with E-state index >= 15 is 0 Å². The molecule has 3 rings (SSSR count). The summed E-state index contributed by atoms with van der Waals surface area (Å²) in [4.78, 5) is 27.1. The summed E-state index contributed by atoms with van der Waals surface area (Å²) in [6.07, 6.45) is 0.868. The van der Waals surface area contributed by atoms with E-state index in [1.54, 1.807) is 16.2 Å². The molecule has 1 saturated heterocycles. The number of hydrogen-bond acceptors (Lipinski definition) is 4. The Morgan fingerprint density at radius 1 is 1.32 bits per heavy atom. The van der Waals surface area contributed by atoms with Gasteiger partial charge in [-0.1, -0.05) is 6.07 Å². The van der Waals surface area contributed by atoms with Crippen molar-refractivity contribution in [1.29, 1.82) is 0 Å². The molecular formula is C19H22N2O3S. The lowest BCUT2D eigenvalue weighted by Gasteiger charge is -2.17. The van der Waals surface area contributed by atoms with Crippen molar-refractivity contribution in [1.82, 2.24) is 5.32 Å². The fourth-order valence-corrected chi connectivity index (χ4v) is 3.65. The summed E-state index contributed by atoms with van der Waals surface area (Å²) in [5, 5.41) is 4.92. The van der Waals surface area contributed by atoms with Crippen molar-refractivity contribution in [2.24, 2.45) is 5.92 Å². The van der Waals surface area contributed by atoms with E-state index in [4.69, 9.17) is 4.74 Å². The number of rotatable bonds is 7. The Morgan fingerprint density at radius 2 is 2.12 bits per heavy atom. The summed E-state index contributed by atoms with van der Waals surface area (Å²) >= 11 is 1.58. The zero-order chi connectivity index (χ0) is 17.6. The van der Waals surface area contributed by atoms with Gasteiger partial charge >= 0.3 is 0 Å². The van der Waals surface area contributed by atoms with E-state index in [0.29, 0.717) is 32.5 Å². The predicted octanol–water partition coefficient (Wildman–Crippen LogP) is 2.86. The first kappa shape index (κ1) is 17.5. The molecule has 2 heterocycles. The van der Waals surface area contributed by atoms with Gasteiger partial charge in [0.1, 0.15) is 5.75 Å². The zero-order valence-corrected chi connectivity index (χ0v) is 15.1. The number of ether oxygens (including phenoxy) is 1. The molecule has 0 spiro atoms. The molecule has 25 heavy (non-hydrogen) atoms. The first-order valence-electron chi connectivity index (χ1n) is 8.48. The minimum Gasteiger partial charge on any atom is -0.494 e. The first-order valence-corrected chi connectivity index (χ1v) is 9.36. The molecular weight excluding hydrogens is 336 g/mol. The lowest BCUT2D eigenvalue weighted by Crippen LogP contribution is -2.32. The van der Waals surface area contributed by atoms with Crippen molar-refractivity contribution >= 4 is 28.8 Å². The van der Waals surface area contributed by atoms with E-state index in [0.717, 1.165) is 16.3 Å². The summed E-state index contributed by atoms with van der Waals surface area (Å²) in [6, 6.07) is 11.5. The molecule has 1 atom stereocenters. The van der Waals surface area contributed by atoms with E-state index in [9.17, 15) is 9.59 Å². The molecule has 1 aliphatic heterocycles. The summed E-state index contributed by atoms with van der Waals surface area (Å²) in [5.41, 5.74) is 0.876. The molecule has 1 N–H and O–H groups in total. The molecule has 0 aliphatic carbocycles. The van der Waals surface area contributed by atoms with Gasteiger partial charge in [-0.05, 0) is 42.6 Å². The van der Waals surface area contributed by atoms with E-state index in [2.05, 4.69) is 5.32 Å². The highest BCUT2D eigenvalue weighted by molar-refractivity contribution is 7.10. The number of carbonyl (C=O) groups is 2. The molecule has 132 valence electrons. The van der Waals surface area contributed by atoms with Crippen molar-refractivity contribution in [3.63, 3.8) is 0 Å². The van der Waals surface area contributed by atoms with Gasteiger partial charge in [-0.15, -0.1) is 11.3 Å². The van der Waals surface area contributed by atoms with Gasteiger partial charge in [-0.3, -0.25) is 9.59 Å². The number of nitrogens with one attached hydrogen (secondary N) is 1. The quantitative estimate of drug-likeness (QED) is 0.828. The Morgan fingerprint density at radius 3 is 2.80 bits per heavy atom. The van der Waals surface area contributed by atoms with Gasteiger partial charge in [-0.25, -0.2) is 0 Å².